The van der Waals surface area contributed by atoms with E-state index in [0.29, 0.717) is 25.3 Å². The van der Waals surface area contributed by atoms with Crippen LogP contribution in [0.3, 0.4) is 0 Å². The van der Waals surface area contributed by atoms with E-state index in [4.69, 9.17) is 9.57 Å². The summed E-state index contributed by atoms with van der Waals surface area (Å²) >= 11 is 0. The molecule has 0 unspecified atom stereocenters. The highest BCUT2D eigenvalue weighted by Crippen LogP contribution is 2.17. The van der Waals surface area contributed by atoms with Crippen molar-refractivity contribution >= 4 is 22.7 Å². The summed E-state index contributed by atoms with van der Waals surface area (Å²) < 4.78 is 5.20. The van der Waals surface area contributed by atoms with E-state index in [0.717, 1.165) is 22.2 Å². The smallest absolute Gasteiger partial charge is 0.407 e. The molecule has 0 saturated carbocycles. The maximum atomic E-state index is 11.6. The normalized spacial score (nSPS) is 12.0. The molecule has 7 nitrogen and oxygen atoms in total. The van der Waals surface area contributed by atoms with E-state index in [1.54, 1.807) is 12.4 Å². The average molecular weight is 394 g/mol. The van der Waals surface area contributed by atoms with Crippen LogP contribution >= 0.6 is 0 Å². The van der Waals surface area contributed by atoms with E-state index < -0.39 is 11.7 Å². The molecule has 1 aromatic carbocycles. The van der Waals surface area contributed by atoms with Crippen molar-refractivity contribution in [3.05, 3.63) is 66.1 Å². The van der Waals surface area contributed by atoms with Crippen molar-refractivity contribution in [1.29, 1.82) is 0 Å². The molecule has 2 N–H and O–H groups in total. The quantitative estimate of drug-likeness (QED) is 0.356. The molecule has 152 valence electrons. The molecule has 3 rings (SSSR count). The predicted molar refractivity (Wildman–Crippen MR) is 113 cm³/mol. The Morgan fingerprint density at radius 2 is 2.00 bits per heavy atom. The van der Waals surface area contributed by atoms with Crippen LogP contribution in [0.25, 0.3) is 10.9 Å². The molecule has 0 atom stereocenters. The van der Waals surface area contributed by atoms with Crippen LogP contribution in [0.4, 0.5) is 4.79 Å². The number of amides is 1. The molecule has 0 saturated heterocycles. The van der Waals surface area contributed by atoms with E-state index in [1.165, 1.54) is 0 Å². The predicted octanol–water partition coefficient (Wildman–Crippen LogP) is 4.25. The van der Waals surface area contributed by atoms with E-state index in [1.807, 2.05) is 63.2 Å². The van der Waals surface area contributed by atoms with Crippen molar-refractivity contribution in [3.8, 4) is 0 Å². The molecule has 0 fully saturated rings. The van der Waals surface area contributed by atoms with Crippen LogP contribution in [-0.4, -0.2) is 40.5 Å². The van der Waals surface area contributed by atoms with Crippen LogP contribution < -0.4 is 5.32 Å². The molecule has 29 heavy (non-hydrogen) atoms. The molecule has 2 aromatic heterocycles. The second kappa shape index (κ2) is 9.23. The number of fused-ring (bicyclic) bond motifs is 1. The average Bonchev–Trinajstić information content (AvgIpc) is 3.10. The highest BCUT2D eigenvalue weighted by molar-refractivity contribution is 6.13. The molecule has 0 bridgehead atoms. The maximum absolute atomic E-state index is 11.6. The zero-order valence-electron chi connectivity index (χ0n) is 16.9. The number of benzene rings is 1. The van der Waals surface area contributed by atoms with Gasteiger partial charge in [-0.05, 0) is 32.9 Å². The van der Waals surface area contributed by atoms with Gasteiger partial charge in [0.15, 0.2) is 0 Å². The first kappa shape index (κ1) is 20.4. The first-order valence-corrected chi connectivity index (χ1v) is 9.58. The summed E-state index contributed by atoms with van der Waals surface area (Å²) in [4.78, 5) is 24.7. The first-order chi connectivity index (χ1) is 13.9. The molecular formula is C22H26N4O3. The Kier molecular flexibility index (Phi) is 6.49. The van der Waals surface area contributed by atoms with Crippen molar-refractivity contribution in [2.75, 3.05) is 13.2 Å². The van der Waals surface area contributed by atoms with Gasteiger partial charge in [0, 0.05) is 30.1 Å². The molecule has 0 radical (unpaired) electrons. The number of H-pyrrole nitrogens is 1. The van der Waals surface area contributed by atoms with Gasteiger partial charge >= 0.3 is 6.09 Å². The van der Waals surface area contributed by atoms with Crippen molar-refractivity contribution in [2.24, 2.45) is 5.16 Å². The Morgan fingerprint density at radius 1 is 1.21 bits per heavy atom. The van der Waals surface area contributed by atoms with Gasteiger partial charge in [0.1, 0.15) is 17.9 Å². The standard InChI is InChI=1S/C22H26N4O3/c1-22(2,3)29-21(27)24-11-7-13-28-26-20(16-8-5-4-6-9-16)18-14-17-10-12-23-15-19(17)25-18/h4-6,8-10,12,14-15,25H,7,11,13H2,1-3H3,(H,24,27)/b26-20+. The van der Waals surface area contributed by atoms with Crippen molar-refractivity contribution < 1.29 is 14.4 Å². The Hall–Kier alpha value is -3.35. The zero-order chi connectivity index (χ0) is 20.7. The van der Waals surface area contributed by atoms with Crippen LogP contribution in [0.1, 0.15) is 38.4 Å². The fraction of sp³-hybridized carbons (Fsp3) is 0.318. The molecule has 0 spiro atoms. The minimum absolute atomic E-state index is 0.369. The van der Waals surface area contributed by atoms with Gasteiger partial charge in [0.2, 0.25) is 0 Å². The fourth-order valence-corrected chi connectivity index (χ4v) is 2.70. The molecule has 0 aliphatic heterocycles. The SMILES string of the molecule is CC(C)(C)OC(=O)NCCCO/N=C(\c1ccccc1)c1cc2ccncc2[nH]1. The molecule has 0 aliphatic carbocycles. The number of ether oxygens (including phenoxy) is 1. The summed E-state index contributed by atoms with van der Waals surface area (Å²) in [7, 11) is 0. The number of alkyl carbamates (subject to hydrolysis) is 1. The van der Waals surface area contributed by atoms with Gasteiger partial charge in [-0.2, -0.15) is 0 Å². The summed E-state index contributed by atoms with van der Waals surface area (Å²) in [6.45, 7) is 6.30. The maximum Gasteiger partial charge on any atom is 0.407 e. The molecule has 0 aliphatic rings. The van der Waals surface area contributed by atoms with Crippen LogP contribution in [0.5, 0.6) is 0 Å². The number of aromatic amines is 1. The Morgan fingerprint density at radius 3 is 2.72 bits per heavy atom. The topological polar surface area (TPSA) is 88.6 Å². The molecule has 3 aromatic rings. The lowest BCUT2D eigenvalue weighted by Crippen LogP contribution is -2.33. The number of carbonyl (C=O) groups is 1. The van der Waals surface area contributed by atoms with Crippen molar-refractivity contribution in [1.82, 2.24) is 15.3 Å². The zero-order valence-corrected chi connectivity index (χ0v) is 16.9. The Balaban J connectivity index is 1.62. The summed E-state index contributed by atoms with van der Waals surface area (Å²) in [6, 6.07) is 13.8. The number of aromatic nitrogens is 2. The number of pyridine rings is 1. The van der Waals surface area contributed by atoms with Crippen LogP contribution in [0, 0.1) is 0 Å². The van der Waals surface area contributed by atoms with Crippen molar-refractivity contribution in [2.45, 2.75) is 32.8 Å². The lowest BCUT2D eigenvalue weighted by Gasteiger charge is -2.19. The third-order valence-corrected chi connectivity index (χ3v) is 3.96. The monoisotopic (exact) mass is 394 g/mol. The molecule has 1 amide bonds. The summed E-state index contributed by atoms with van der Waals surface area (Å²) in [5.74, 6) is 0. The number of carbonyl (C=O) groups excluding carboxylic acids is 1. The largest absolute Gasteiger partial charge is 0.444 e. The number of hydrogen-bond donors (Lipinski definition) is 2. The summed E-state index contributed by atoms with van der Waals surface area (Å²) in [5, 5.41) is 8.12. The third-order valence-electron chi connectivity index (χ3n) is 3.96. The summed E-state index contributed by atoms with van der Waals surface area (Å²) in [6.07, 6.45) is 3.72. The van der Waals surface area contributed by atoms with Crippen LogP contribution in [0.15, 0.2) is 60.0 Å². The number of oxime groups is 1. The van der Waals surface area contributed by atoms with E-state index in [2.05, 4.69) is 20.4 Å². The molecule has 2 heterocycles. The molecular weight excluding hydrogens is 368 g/mol. The van der Waals surface area contributed by atoms with Gasteiger partial charge < -0.3 is 19.9 Å². The summed E-state index contributed by atoms with van der Waals surface area (Å²) in [5.41, 5.74) is 2.93. The Labute approximate surface area is 170 Å². The lowest BCUT2D eigenvalue weighted by molar-refractivity contribution is 0.0520. The van der Waals surface area contributed by atoms with E-state index >= 15 is 0 Å². The fourth-order valence-electron chi connectivity index (χ4n) is 2.70. The van der Waals surface area contributed by atoms with Gasteiger partial charge in [-0.3, -0.25) is 4.98 Å². The van der Waals surface area contributed by atoms with Crippen LogP contribution in [-0.2, 0) is 9.57 Å². The number of nitrogens with one attached hydrogen (secondary N) is 2. The van der Waals surface area contributed by atoms with Crippen molar-refractivity contribution in [3.63, 3.8) is 0 Å². The van der Waals surface area contributed by atoms with E-state index in [9.17, 15) is 4.79 Å². The Bertz CT molecular complexity index is 941. The first-order valence-electron chi connectivity index (χ1n) is 9.58. The van der Waals surface area contributed by atoms with Crippen LogP contribution in [0.2, 0.25) is 0 Å². The second-order valence-electron chi connectivity index (χ2n) is 7.57. The highest BCUT2D eigenvalue weighted by Gasteiger charge is 2.15. The number of rotatable bonds is 7. The second-order valence-corrected chi connectivity index (χ2v) is 7.57. The van der Waals surface area contributed by atoms with Gasteiger partial charge in [0.05, 0.1) is 17.4 Å². The van der Waals surface area contributed by atoms with Gasteiger partial charge in [0.25, 0.3) is 0 Å². The van der Waals surface area contributed by atoms with E-state index in [-0.39, 0.29) is 0 Å². The van der Waals surface area contributed by atoms with Gasteiger partial charge in [-0.1, -0.05) is 35.5 Å². The van der Waals surface area contributed by atoms with Gasteiger partial charge in [-0.15, -0.1) is 0 Å². The third kappa shape index (κ3) is 6.07. The lowest BCUT2D eigenvalue weighted by atomic mass is 10.1. The number of nitrogens with zero attached hydrogens (tertiary/aromatic N) is 2. The molecule has 7 heteroatoms. The van der Waals surface area contributed by atoms with Gasteiger partial charge in [-0.25, -0.2) is 4.79 Å². The minimum atomic E-state index is -0.509. The number of hydrogen-bond acceptors (Lipinski definition) is 5. The minimum Gasteiger partial charge on any atom is -0.444 e. The highest BCUT2D eigenvalue weighted by atomic mass is 16.6.